The van der Waals surface area contributed by atoms with Crippen LogP contribution in [0.5, 0.6) is 6.01 Å². The maximum absolute atomic E-state index is 11.7. The molecule has 5 nitrogen and oxygen atoms in total. The number of rotatable bonds is 3. The van der Waals surface area contributed by atoms with Crippen LogP contribution in [0.2, 0.25) is 0 Å². The largest absolute Gasteiger partial charge is 0.465 e. The quantitative estimate of drug-likeness (QED) is 0.762. The fraction of sp³-hybridized carbons (Fsp3) is 0.273. The van der Waals surface area contributed by atoms with Gasteiger partial charge in [-0.3, -0.25) is 9.78 Å². The summed E-state index contributed by atoms with van der Waals surface area (Å²) in [5.41, 5.74) is 6.50. The first-order chi connectivity index (χ1) is 7.70. The van der Waals surface area contributed by atoms with Crippen LogP contribution in [0.4, 0.5) is 5.69 Å². The summed E-state index contributed by atoms with van der Waals surface area (Å²) in [6, 6.07) is 5.27. The summed E-state index contributed by atoms with van der Waals surface area (Å²) in [5.74, 6) is 0. The van der Waals surface area contributed by atoms with Crippen LogP contribution in [-0.4, -0.2) is 16.6 Å². The van der Waals surface area contributed by atoms with Crippen LogP contribution in [0.15, 0.2) is 23.0 Å². The van der Waals surface area contributed by atoms with Crippen molar-refractivity contribution in [2.24, 2.45) is 0 Å². The number of nitrogens with zero attached hydrogens (tertiary/aromatic N) is 1. The number of fused-ring (bicyclic) bond motifs is 1. The number of H-pyrrole nitrogens is 1. The Kier molecular flexibility index (Phi) is 2.76. The van der Waals surface area contributed by atoms with Gasteiger partial charge in [0.25, 0.3) is 11.6 Å². The number of aromatic amines is 1. The SMILES string of the molecule is CCCOc1nc2ccc(N)cc2c(=O)[nH]1. The van der Waals surface area contributed by atoms with Crippen LogP contribution in [-0.2, 0) is 0 Å². The van der Waals surface area contributed by atoms with E-state index in [1.807, 2.05) is 6.92 Å². The molecule has 16 heavy (non-hydrogen) atoms. The third kappa shape index (κ3) is 1.98. The summed E-state index contributed by atoms with van der Waals surface area (Å²) in [7, 11) is 0. The van der Waals surface area contributed by atoms with Gasteiger partial charge in [-0.25, -0.2) is 0 Å². The zero-order valence-electron chi connectivity index (χ0n) is 8.99. The van der Waals surface area contributed by atoms with Crippen LogP contribution in [0, 0.1) is 0 Å². The Morgan fingerprint density at radius 3 is 3.06 bits per heavy atom. The number of hydrogen-bond donors (Lipinski definition) is 2. The van der Waals surface area contributed by atoms with Crippen LogP contribution < -0.4 is 16.0 Å². The lowest BCUT2D eigenvalue weighted by Gasteiger charge is -2.04. The average molecular weight is 219 g/mol. The van der Waals surface area contributed by atoms with Gasteiger partial charge in [-0.15, -0.1) is 0 Å². The summed E-state index contributed by atoms with van der Waals surface area (Å²) in [6.07, 6.45) is 0.865. The summed E-state index contributed by atoms with van der Waals surface area (Å²) in [6.45, 7) is 2.52. The Hall–Kier alpha value is -2.04. The summed E-state index contributed by atoms with van der Waals surface area (Å²) in [4.78, 5) is 18.4. The molecule has 1 aromatic heterocycles. The summed E-state index contributed by atoms with van der Waals surface area (Å²) < 4.78 is 5.28. The summed E-state index contributed by atoms with van der Waals surface area (Å²) in [5, 5.41) is 0.476. The first-order valence-corrected chi connectivity index (χ1v) is 5.13. The number of aromatic nitrogens is 2. The van der Waals surface area contributed by atoms with E-state index < -0.39 is 0 Å². The lowest BCUT2D eigenvalue weighted by molar-refractivity contribution is 0.293. The highest BCUT2D eigenvalue weighted by atomic mass is 16.5. The summed E-state index contributed by atoms with van der Waals surface area (Å²) >= 11 is 0. The molecule has 0 atom stereocenters. The van der Waals surface area contributed by atoms with Crippen LogP contribution in [0.25, 0.3) is 10.9 Å². The molecule has 0 aliphatic rings. The standard InChI is InChI=1S/C11H13N3O2/c1-2-5-16-11-13-9-4-3-7(12)6-8(9)10(15)14-11/h3-4,6H,2,5,12H2,1H3,(H,13,14,15). The number of nitrogen functional groups attached to an aromatic ring is 1. The zero-order chi connectivity index (χ0) is 11.5. The van der Waals surface area contributed by atoms with Crippen molar-refractivity contribution in [1.29, 1.82) is 0 Å². The molecule has 84 valence electrons. The van der Waals surface area contributed by atoms with Crippen molar-refractivity contribution in [2.45, 2.75) is 13.3 Å². The van der Waals surface area contributed by atoms with E-state index >= 15 is 0 Å². The van der Waals surface area contributed by atoms with Gasteiger partial charge in [-0.1, -0.05) is 6.92 Å². The minimum atomic E-state index is -0.233. The molecule has 0 radical (unpaired) electrons. The maximum atomic E-state index is 11.7. The van der Waals surface area contributed by atoms with Gasteiger partial charge < -0.3 is 10.5 Å². The van der Waals surface area contributed by atoms with Crippen LogP contribution >= 0.6 is 0 Å². The molecule has 1 aromatic carbocycles. The molecule has 3 N–H and O–H groups in total. The van der Waals surface area contributed by atoms with Gasteiger partial charge in [-0.05, 0) is 24.6 Å². The predicted molar refractivity (Wildman–Crippen MR) is 62.6 cm³/mol. The smallest absolute Gasteiger partial charge is 0.297 e. The molecule has 0 saturated carbocycles. The highest BCUT2D eigenvalue weighted by molar-refractivity contribution is 5.81. The molecule has 0 bridgehead atoms. The van der Waals surface area contributed by atoms with E-state index in [0.717, 1.165) is 6.42 Å². The molecule has 2 rings (SSSR count). The Morgan fingerprint density at radius 1 is 1.50 bits per heavy atom. The van der Waals surface area contributed by atoms with Crippen molar-refractivity contribution in [1.82, 2.24) is 9.97 Å². The molecule has 0 saturated heterocycles. The van der Waals surface area contributed by atoms with Crippen molar-refractivity contribution >= 4 is 16.6 Å². The van der Waals surface area contributed by atoms with Gasteiger partial charge in [0.2, 0.25) is 0 Å². The van der Waals surface area contributed by atoms with Crippen LogP contribution in [0.3, 0.4) is 0 Å². The van der Waals surface area contributed by atoms with E-state index in [4.69, 9.17) is 10.5 Å². The number of hydrogen-bond acceptors (Lipinski definition) is 4. The Labute approximate surface area is 92.3 Å². The molecule has 0 amide bonds. The Bertz CT molecular complexity index is 563. The Morgan fingerprint density at radius 2 is 2.31 bits per heavy atom. The lowest BCUT2D eigenvalue weighted by Crippen LogP contribution is -2.11. The van der Waals surface area contributed by atoms with Crippen molar-refractivity contribution in [3.8, 4) is 6.01 Å². The van der Waals surface area contributed by atoms with Crippen LogP contribution in [0.1, 0.15) is 13.3 Å². The average Bonchev–Trinajstić information content (AvgIpc) is 2.27. The van der Waals surface area contributed by atoms with Gasteiger partial charge in [0, 0.05) is 5.69 Å². The van der Waals surface area contributed by atoms with Crippen molar-refractivity contribution in [3.05, 3.63) is 28.6 Å². The molecule has 0 unspecified atom stereocenters. The molecule has 0 spiro atoms. The highest BCUT2D eigenvalue weighted by Gasteiger charge is 2.04. The molecular weight excluding hydrogens is 206 g/mol. The molecule has 5 heteroatoms. The fourth-order valence-electron chi connectivity index (χ4n) is 1.40. The number of benzene rings is 1. The maximum Gasteiger partial charge on any atom is 0.297 e. The van der Waals surface area contributed by atoms with Gasteiger partial charge in [-0.2, -0.15) is 4.98 Å². The number of anilines is 1. The highest BCUT2D eigenvalue weighted by Crippen LogP contribution is 2.13. The molecule has 0 fully saturated rings. The monoisotopic (exact) mass is 219 g/mol. The van der Waals surface area contributed by atoms with Gasteiger partial charge in [0.15, 0.2) is 0 Å². The van der Waals surface area contributed by atoms with Crippen molar-refractivity contribution in [3.63, 3.8) is 0 Å². The van der Waals surface area contributed by atoms with E-state index in [0.29, 0.717) is 23.2 Å². The van der Waals surface area contributed by atoms with E-state index in [9.17, 15) is 4.79 Å². The number of ether oxygens (including phenoxy) is 1. The first kappa shape index (κ1) is 10.5. The molecule has 1 heterocycles. The second kappa shape index (κ2) is 4.22. The van der Waals surface area contributed by atoms with Gasteiger partial charge >= 0.3 is 0 Å². The van der Waals surface area contributed by atoms with E-state index in [2.05, 4.69) is 9.97 Å². The molecule has 0 aliphatic carbocycles. The lowest BCUT2D eigenvalue weighted by atomic mass is 10.2. The Balaban J connectivity index is 2.51. The van der Waals surface area contributed by atoms with Crippen molar-refractivity contribution < 1.29 is 4.74 Å². The minimum absolute atomic E-state index is 0.233. The van der Waals surface area contributed by atoms with E-state index in [-0.39, 0.29) is 11.6 Å². The first-order valence-electron chi connectivity index (χ1n) is 5.13. The fourth-order valence-corrected chi connectivity index (χ4v) is 1.40. The van der Waals surface area contributed by atoms with Gasteiger partial charge in [0.05, 0.1) is 17.5 Å². The minimum Gasteiger partial charge on any atom is -0.465 e. The molecular formula is C11H13N3O2. The third-order valence-corrected chi connectivity index (χ3v) is 2.15. The van der Waals surface area contributed by atoms with E-state index in [1.54, 1.807) is 18.2 Å². The molecule has 2 aromatic rings. The number of nitrogens with two attached hydrogens (primary N) is 1. The number of nitrogens with one attached hydrogen (secondary N) is 1. The van der Waals surface area contributed by atoms with Crippen molar-refractivity contribution in [2.75, 3.05) is 12.3 Å². The zero-order valence-corrected chi connectivity index (χ0v) is 8.99. The normalized spacial score (nSPS) is 10.6. The second-order valence-electron chi connectivity index (χ2n) is 3.50. The van der Waals surface area contributed by atoms with Gasteiger partial charge in [0.1, 0.15) is 0 Å². The van der Waals surface area contributed by atoms with E-state index in [1.165, 1.54) is 0 Å². The predicted octanol–water partition coefficient (Wildman–Crippen LogP) is 1.29. The topological polar surface area (TPSA) is 81.0 Å². The molecule has 0 aliphatic heterocycles. The third-order valence-electron chi connectivity index (χ3n) is 2.15. The second-order valence-corrected chi connectivity index (χ2v) is 3.50.